The van der Waals surface area contributed by atoms with Crippen LogP contribution < -0.4 is 5.73 Å². The Balaban J connectivity index is 2.10. The number of nitrogens with two attached hydrogens (primary N) is 1. The molecule has 3 rings (SSSR count). The number of nitrogens with zero attached hydrogens (tertiary/aromatic N) is 4. The summed E-state index contributed by atoms with van der Waals surface area (Å²) in [6, 6.07) is 0. The van der Waals surface area contributed by atoms with E-state index < -0.39 is 31.0 Å². The number of halogens is 2. The van der Waals surface area contributed by atoms with Crippen LogP contribution in [-0.2, 0) is 4.74 Å². The van der Waals surface area contributed by atoms with Crippen LogP contribution in [0, 0.1) is 0 Å². The number of aromatic nitrogens is 4. The quantitative estimate of drug-likeness (QED) is 0.667. The van der Waals surface area contributed by atoms with E-state index in [1.807, 2.05) is 0 Å². The van der Waals surface area contributed by atoms with Crippen molar-refractivity contribution in [1.82, 2.24) is 19.5 Å². The van der Waals surface area contributed by atoms with Crippen molar-refractivity contribution >= 4 is 17.0 Å². The summed E-state index contributed by atoms with van der Waals surface area (Å²) in [6.07, 6.45) is -3.13. The van der Waals surface area contributed by atoms with Crippen molar-refractivity contribution in [1.29, 1.82) is 0 Å². The summed E-state index contributed by atoms with van der Waals surface area (Å²) >= 11 is 0. The molecule has 1 saturated heterocycles. The molecule has 1 aliphatic heterocycles. The van der Waals surface area contributed by atoms with E-state index in [9.17, 15) is 13.9 Å². The minimum Gasteiger partial charge on any atom is -0.394 e. The Hall–Kier alpha value is -1.91. The van der Waals surface area contributed by atoms with E-state index in [4.69, 9.17) is 15.6 Å². The lowest BCUT2D eigenvalue weighted by Gasteiger charge is -2.20. The number of alkyl halides is 2. The van der Waals surface area contributed by atoms with Crippen molar-refractivity contribution in [2.75, 3.05) is 12.3 Å². The summed E-state index contributed by atoms with van der Waals surface area (Å²) in [6.45, 7) is -0.725. The Morgan fingerprint density at radius 3 is 2.80 bits per heavy atom. The lowest BCUT2D eigenvalue weighted by atomic mass is 10.1. The molecule has 0 saturated carbocycles. The Morgan fingerprint density at radius 1 is 1.40 bits per heavy atom. The molecule has 3 atom stereocenters. The van der Waals surface area contributed by atoms with E-state index in [2.05, 4.69) is 15.0 Å². The third-order valence-corrected chi connectivity index (χ3v) is 3.20. The molecule has 0 bridgehead atoms. The molecule has 1 aliphatic rings. The lowest BCUT2D eigenvalue weighted by molar-refractivity contribution is -0.138. The number of hydrogen-bond acceptors (Lipinski definition) is 7. The molecule has 2 aromatic rings. The van der Waals surface area contributed by atoms with Crippen molar-refractivity contribution in [3.05, 3.63) is 12.7 Å². The largest absolute Gasteiger partial charge is 0.394 e. The fourth-order valence-electron chi connectivity index (χ4n) is 2.16. The van der Waals surface area contributed by atoms with Gasteiger partial charge in [0.05, 0.1) is 12.9 Å². The normalized spacial score (nSPS) is 29.1. The first-order valence-electron chi connectivity index (χ1n) is 5.72. The lowest BCUT2D eigenvalue weighted by Crippen LogP contribution is -2.39. The third-order valence-electron chi connectivity index (χ3n) is 3.20. The van der Waals surface area contributed by atoms with Gasteiger partial charge in [-0.25, -0.2) is 15.0 Å². The van der Waals surface area contributed by atoms with Gasteiger partial charge in [-0.1, -0.05) is 0 Å². The van der Waals surface area contributed by atoms with Crippen LogP contribution in [-0.4, -0.2) is 54.5 Å². The zero-order valence-electron chi connectivity index (χ0n) is 10.0. The van der Waals surface area contributed by atoms with Crippen molar-refractivity contribution in [3.8, 4) is 0 Å². The maximum Gasteiger partial charge on any atom is 0.320 e. The SMILES string of the molecule is Nc1ncnc2c1ncn2[C@@H]1O[C@H](CO)[C@@H](O)C1(F)F. The fourth-order valence-corrected chi connectivity index (χ4v) is 2.16. The molecule has 20 heavy (non-hydrogen) atoms. The van der Waals surface area contributed by atoms with Gasteiger partial charge in [0, 0.05) is 0 Å². The van der Waals surface area contributed by atoms with Crippen LogP contribution in [0.2, 0.25) is 0 Å². The van der Waals surface area contributed by atoms with E-state index >= 15 is 0 Å². The maximum absolute atomic E-state index is 14.0. The number of imidazole rings is 1. The first kappa shape index (κ1) is 13.1. The van der Waals surface area contributed by atoms with Crippen LogP contribution in [0.15, 0.2) is 12.7 Å². The van der Waals surface area contributed by atoms with Gasteiger partial charge in [0.1, 0.15) is 17.9 Å². The van der Waals surface area contributed by atoms with Crippen LogP contribution in [0.5, 0.6) is 0 Å². The summed E-state index contributed by atoms with van der Waals surface area (Å²) < 4.78 is 34.0. The Morgan fingerprint density at radius 2 is 2.15 bits per heavy atom. The van der Waals surface area contributed by atoms with Gasteiger partial charge < -0.3 is 20.7 Å². The molecule has 0 unspecified atom stereocenters. The van der Waals surface area contributed by atoms with Crippen molar-refractivity contribution in [2.45, 2.75) is 24.4 Å². The van der Waals surface area contributed by atoms with Crippen LogP contribution in [0.3, 0.4) is 0 Å². The van der Waals surface area contributed by atoms with Crippen molar-refractivity contribution in [2.24, 2.45) is 0 Å². The van der Waals surface area contributed by atoms with Gasteiger partial charge in [0.15, 0.2) is 17.6 Å². The predicted octanol–water partition coefficient (Wildman–Crippen LogP) is -0.706. The number of rotatable bonds is 2. The highest BCUT2D eigenvalue weighted by atomic mass is 19.3. The van der Waals surface area contributed by atoms with Crippen LogP contribution in [0.4, 0.5) is 14.6 Å². The Kier molecular flexibility index (Phi) is 2.81. The highest BCUT2D eigenvalue weighted by molar-refractivity contribution is 5.81. The van der Waals surface area contributed by atoms with Gasteiger partial charge in [-0.2, -0.15) is 8.78 Å². The maximum atomic E-state index is 14.0. The molecule has 0 radical (unpaired) electrons. The summed E-state index contributed by atoms with van der Waals surface area (Å²) in [5.74, 6) is -3.55. The molecule has 108 valence electrons. The van der Waals surface area contributed by atoms with E-state index in [1.165, 1.54) is 0 Å². The number of hydrogen-bond donors (Lipinski definition) is 3. The number of nitrogen functional groups attached to an aromatic ring is 1. The summed E-state index contributed by atoms with van der Waals surface area (Å²) in [5, 5.41) is 18.4. The summed E-state index contributed by atoms with van der Waals surface area (Å²) in [7, 11) is 0. The zero-order valence-corrected chi connectivity index (χ0v) is 10.0. The number of aliphatic hydroxyl groups is 2. The summed E-state index contributed by atoms with van der Waals surface area (Å²) in [5.41, 5.74) is 5.80. The van der Waals surface area contributed by atoms with Crippen molar-refractivity contribution < 1.29 is 23.7 Å². The molecule has 0 aliphatic carbocycles. The first-order chi connectivity index (χ1) is 9.46. The molecule has 3 heterocycles. The predicted molar refractivity (Wildman–Crippen MR) is 61.7 cm³/mol. The highest BCUT2D eigenvalue weighted by Gasteiger charge is 2.59. The van der Waals surface area contributed by atoms with Gasteiger partial charge in [0.25, 0.3) is 0 Å². The summed E-state index contributed by atoms with van der Waals surface area (Å²) in [4.78, 5) is 11.4. The molecule has 4 N–H and O–H groups in total. The van der Waals surface area contributed by atoms with E-state index in [-0.39, 0.29) is 17.0 Å². The van der Waals surface area contributed by atoms with Gasteiger partial charge in [0.2, 0.25) is 6.23 Å². The van der Waals surface area contributed by atoms with Crippen LogP contribution in [0.1, 0.15) is 6.23 Å². The molecule has 2 aromatic heterocycles. The standard InChI is InChI=1S/C10H11F2N5O3/c11-10(12)6(19)4(1-18)20-9(10)17-3-16-5-7(13)14-2-15-8(5)17/h2-4,6,9,18-19H,1H2,(H2,13,14,15)/t4-,6-,9-/m1/s1. The topological polar surface area (TPSA) is 119 Å². The molecule has 0 spiro atoms. The Bertz CT molecular complexity index is 649. The van der Waals surface area contributed by atoms with E-state index in [1.54, 1.807) is 0 Å². The second kappa shape index (κ2) is 4.30. The van der Waals surface area contributed by atoms with Crippen molar-refractivity contribution in [3.63, 3.8) is 0 Å². The first-order valence-corrected chi connectivity index (χ1v) is 5.72. The fraction of sp³-hybridized carbons (Fsp3) is 0.500. The average molecular weight is 287 g/mol. The molecule has 10 heteroatoms. The van der Waals surface area contributed by atoms with Crippen LogP contribution >= 0.6 is 0 Å². The monoisotopic (exact) mass is 287 g/mol. The molecule has 8 nitrogen and oxygen atoms in total. The zero-order chi connectivity index (χ0) is 14.5. The third kappa shape index (κ3) is 1.65. The Labute approximate surface area is 110 Å². The molecular formula is C10H11F2N5O3. The number of ether oxygens (including phenoxy) is 1. The number of aliphatic hydroxyl groups excluding tert-OH is 2. The van der Waals surface area contributed by atoms with Gasteiger partial charge in [-0.3, -0.25) is 4.57 Å². The van der Waals surface area contributed by atoms with E-state index in [0.717, 1.165) is 17.2 Å². The highest BCUT2D eigenvalue weighted by Crippen LogP contribution is 2.43. The molecule has 0 aromatic carbocycles. The molecular weight excluding hydrogens is 276 g/mol. The van der Waals surface area contributed by atoms with Crippen LogP contribution in [0.25, 0.3) is 11.2 Å². The second-order valence-corrected chi connectivity index (χ2v) is 4.41. The van der Waals surface area contributed by atoms with Gasteiger partial charge in [-0.15, -0.1) is 0 Å². The minimum atomic E-state index is -3.60. The van der Waals surface area contributed by atoms with Gasteiger partial charge >= 0.3 is 5.92 Å². The smallest absolute Gasteiger partial charge is 0.320 e. The number of anilines is 1. The van der Waals surface area contributed by atoms with Gasteiger partial charge in [-0.05, 0) is 0 Å². The second-order valence-electron chi connectivity index (χ2n) is 4.41. The van der Waals surface area contributed by atoms with E-state index in [0.29, 0.717) is 0 Å². The minimum absolute atomic E-state index is 0.0503. The molecule has 1 fully saturated rings. The average Bonchev–Trinajstić information content (AvgIpc) is 2.92. The molecule has 0 amide bonds. The number of fused-ring (bicyclic) bond motifs is 1.